The van der Waals surface area contributed by atoms with Crippen molar-refractivity contribution in [2.75, 3.05) is 6.61 Å². The van der Waals surface area contributed by atoms with Crippen LogP contribution in [0, 0.1) is 6.92 Å². The minimum absolute atomic E-state index is 0.428. The van der Waals surface area contributed by atoms with Crippen LogP contribution in [0.5, 0.6) is 5.75 Å². The summed E-state index contributed by atoms with van der Waals surface area (Å²) >= 11 is 7.83. The number of ether oxygens (including phenoxy) is 1. The van der Waals surface area contributed by atoms with Gasteiger partial charge in [-0.25, -0.2) is 4.79 Å². The van der Waals surface area contributed by atoms with Gasteiger partial charge in [-0.2, -0.15) is 13.2 Å². The highest BCUT2D eigenvalue weighted by Gasteiger charge is 2.29. The quantitative estimate of drug-likeness (QED) is 0.377. The molecule has 0 aliphatic carbocycles. The maximum absolute atomic E-state index is 12.7. The first-order valence-corrected chi connectivity index (χ1v) is 10.5. The first-order valence-electron chi connectivity index (χ1n) is 9.17. The highest BCUT2D eigenvalue weighted by atomic mass is 35.5. The normalized spacial score (nSPS) is 11.4. The van der Waals surface area contributed by atoms with E-state index in [1.807, 2.05) is 37.3 Å². The fourth-order valence-electron chi connectivity index (χ4n) is 2.85. The summed E-state index contributed by atoms with van der Waals surface area (Å²) in [6, 6.07) is 16.1. The standard InChI is InChI=1S/C23H18ClF3O3S/c1-14-10-21(19(24)11-20(14)30-12-22(28)29)31-13-15-2-4-16(5-3-15)17-6-8-18(9-7-17)23(25,26)27/h2-11H,12-13H2,1H3,(H,28,29). The number of alkyl halides is 3. The van der Waals surface area contributed by atoms with Crippen LogP contribution in [0.2, 0.25) is 5.02 Å². The fraction of sp³-hybridized carbons (Fsp3) is 0.174. The van der Waals surface area contributed by atoms with Crippen LogP contribution >= 0.6 is 23.4 Å². The Bertz CT molecular complexity index is 1070. The molecule has 3 aromatic rings. The molecule has 31 heavy (non-hydrogen) atoms. The summed E-state index contributed by atoms with van der Waals surface area (Å²) in [5.74, 6) is 0.00766. The first-order chi connectivity index (χ1) is 14.6. The van der Waals surface area contributed by atoms with Gasteiger partial charge in [-0.1, -0.05) is 48.0 Å². The van der Waals surface area contributed by atoms with Crippen LogP contribution in [0.25, 0.3) is 11.1 Å². The van der Waals surface area contributed by atoms with Gasteiger partial charge in [0.25, 0.3) is 0 Å². The lowest BCUT2D eigenvalue weighted by atomic mass is 10.0. The molecule has 1 N–H and O–H groups in total. The molecule has 0 saturated heterocycles. The van der Waals surface area contributed by atoms with Gasteiger partial charge in [-0.15, -0.1) is 11.8 Å². The molecule has 0 radical (unpaired) electrons. The molecule has 3 rings (SSSR count). The SMILES string of the molecule is Cc1cc(SCc2ccc(-c3ccc(C(F)(F)F)cc3)cc2)c(Cl)cc1OCC(=O)O. The Hall–Kier alpha value is -2.64. The summed E-state index contributed by atoms with van der Waals surface area (Å²) < 4.78 is 43.3. The van der Waals surface area contributed by atoms with E-state index in [0.29, 0.717) is 22.1 Å². The Labute approximate surface area is 186 Å². The molecule has 0 saturated carbocycles. The Balaban J connectivity index is 1.65. The van der Waals surface area contributed by atoms with Gasteiger partial charge in [-0.05, 0) is 47.4 Å². The number of thioether (sulfide) groups is 1. The van der Waals surface area contributed by atoms with E-state index in [9.17, 15) is 18.0 Å². The van der Waals surface area contributed by atoms with Gasteiger partial charge in [0.1, 0.15) is 5.75 Å². The van der Waals surface area contributed by atoms with Crippen LogP contribution in [-0.4, -0.2) is 17.7 Å². The summed E-state index contributed by atoms with van der Waals surface area (Å²) in [5.41, 5.74) is 2.68. The number of aryl methyl sites for hydroxylation is 1. The Morgan fingerprint density at radius 3 is 2.16 bits per heavy atom. The van der Waals surface area contributed by atoms with Crippen LogP contribution < -0.4 is 4.74 Å². The number of halogens is 4. The van der Waals surface area contributed by atoms with Gasteiger partial charge < -0.3 is 9.84 Å². The molecule has 0 aliphatic rings. The minimum atomic E-state index is -4.35. The van der Waals surface area contributed by atoms with Crippen molar-refractivity contribution in [2.45, 2.75) is 23.7 Å². The number of carbonyl (C=O) groups is 1. The number of carboxylic acids is 1. The molecule has 0 heterocycles. The molecule has 3 aromatic carbocycles. The van der Waals surface area contributed by atoms with E-state index >= 15 is 0 Å². The van der Waals surface area contributed by atoms with Crippen LogP contribution in [0.1, 0.15) is 16.7 Å². The predicted octanol–water partition coefficient (Wildman–Crippen LogP) is 7.09. The van der Waals surface area contributed by atoms with Gasteiger partial charge in [0, 0.05) is 16.7 Å². The lowest BCUT2D eigenvalue weighted by Gasteiger charge is -2.11. The molecule has 8 heteroatoms. The minimum Gasteiger partial charge on any atom is -0.482 e. The topological polar surface area (TPSA) is 46.5 Å². The Morgan fingerprint density at radius 2 is 1.61 bits per heavy atom. The average Bonchev–Trinajstić information content (AvgIpc) is 2.73. The van der Waals surface area contributed by atoms with Crippen molar-refractivity contribution in [1.82, 2.24) is 0 Å². The van der Waals surface area contributed by atoms with E-state index in [-0.39, 0.29) is 0 Å². The van der Waals surface area contributed by atoms with Crippen LogP contribution in [0.3, 0.4) is 0 Å². The molecular formula is C23H18ClF3O3S. The second-order valence-electron chi connectivity index (χ2n) is 6.79. The van der Waals surface area contributed by atoms with Crippen molar-refractivity contribution < 1.29 is 27.8 Å². The van der Waals surface area contributed by atoms with Crippen molar-refractivity contribution in [3.63, 3.8) is 0 Å². The van der Waals surface area contributed by atoms with Gasteiger partial charge in [0.05, 0.1) is 10.6 Å². The summed E-state index contributed by atoms with van der Waals surface area (Å²) in [4.78, 5) is 11.5. The largest absolute Gasteiger partial charge is 0.482 e. The van der Waals surface area contributed by atoms with E-state index in [4.69, 9.17) is 21.4 Å². The molecule has 0 fully saturated rings. The van der Waals surface area contributed by atoms with Gasteiger partial charge in [0.2, 0.25) is 0 Å². The summed E-state index contributed by atoms with van der Waals surface area (Å²) in [6.07, 6.45) is -4.35. The number of benzene rings is 3. The predicted molar refractivity (Wildman–Crippen MR) is 116 cm³/mol. The molecular weight excluding hydrogens is 449 g/mol. The molecule has 0 bridgehead atoms. The van der Waals surface area contributed by atoms with Gasteiger partial charge in [-0.3, -0.25) is 0 Å². The number of carboxylic acid groups (broad SMARTS) is 1. The lowest BCUT2D eigenvalue weighted by Crippen LogP contribution is -2.10. The number of hydrogen-bond donors (Lipinski definition) is 1. The van der Waals surface area contributed by atoms with Crippen LogP contribution in [-0.2, 0) is 16.7 Å². The van der Waals surface area contributed by atoms with Crippen molar-refractivity contribution in [1.29, 1.82) is 0 Å². The van der Waals surface area contributed by atoms with Crippen LogP contribution in [0.15, 0.2) is 65.6 Å². The van der Waals surface area contributed by atoms with E-state index in [0.717, 1.165) is 33.7 Å². The second kappa shape index (κ2) is 9.66. The molecule has 0 amide bonds. The highest BCUT2D eigenvalue weighted by molar-refractivity contribution is 7.98. The molecule has 0 spiro atoms. The summed E-state index contributed by atoms with van der Waals surface area (Å²) in [5, 5.41) is 9.20. The van der Waals surface area contributed by atoms with E-state index in [2.05, 4.69) is 0 Å². The fourth-order valence-corrected chi connectivity index (χ4v) is 4.14. The summed E-state index contributed by atoms with van der Waals surface area (Å²) in [6.45, 7) is 1.38. The third kappa shape index (κ3) is 6.18. The van der Waals surface area contributed by atoms with E-state index in [1.54, 1.807) is 6.07 Å². The maximum atomic E-state index is 12.7. The molecule has 0 aliphatic heterocycles. The second-order valence-corrected chi connectivity index (χ2v) is 8.22. The Morgan fingerprint density at radius 1 is 1.03 bits per heavy atom. The smallest absolute Gasteiger partial charge is 0.416 e. The molecule has 0 aromatic heterocycles. The molecule has 162 valence electrons. The monoisotopic (exact) mass is 466 g/mol. The average molecular weight is 467 g/mol. The Kier molecular flexibility index (Phi) is 7.18. The lowest BCUT2D eigenvalue weighted by molar-refractivity contribution is -0.139. The van der Waals surface area contributed by atoms with Crippen molar-refractivity contribution >= 4 is 29.3 Å². The third-order valence-corrected chi connectivity index (χ3v) is 6.03. The number of rotatable bonds is 7. The van der Waals surface area contributed by atoms with Crippen molar-refractivity contribution in [2.24, 2.45) is 0 Å². The van der Waals surface area contributed by atoms with E-state index in [1.165, 1.54) is 23.9 Å². The van der Waals surface area contributed by atoms with Gasteiger partial charge in [0.15, 0.2) is 6.61 Å². The highest BCUT2D eigenvalue weighted by Crippen LogP contribution is 2.35. The molecule has 0 atom stereocenters. The zero-order valence-corrected chi connectivity index (χ0v) is 17.9. The number of hydrogen-bond acceptors (Lipinski definition) is 3. The first kappa shape index (κ1) is 23.0. The third-order valence-electron chi connectivity index (χ3n) is 4.47. The summed E-state index contributed by atoms with van der Waals surface area (Å²) in [7, 11) is 0. The van der Waals surface area contributed by atoms with Gasteiger partial charge >= 0.3 is 12.1 Å². The molecule has 0 unspecified atom stereocenters. The zero-order valence-electron chi connectivity index (χ0n) is 16.4. The zero-order chi connectivity index (χ0) is 22.6. The number of aliphatic carboxylic acids is 1. The van der Waals surface area contributed by atoms with E-state index < -0.39 is 24.3 Å². The van der Waals surface area contributed by atoms with Crippen LogP contribution in [0.4, 0.5) is 13.2 Å². The van der Waals surface area contributed by atoms with Crippen molar-refractivity contribution in [3.05, 3.63) is 82.4 Å². The molecule has 3 nitrogen and oxygen atoms in total. The maximum Gasteiger partial charge on any atom is 0.416 e. The van der Waals surface area contributed by atoms with Crippen molar-refractivity contribution in [3.8, 4) is 16.9 Å².